The molecule has 2 aromatic carbocycles. The highest BCUT2D eigenvalue weighted by Gasteiger charge is 2.12. The lowest BCUT2D eigenvalue weighted by atomic mass is 10.1. The monoisotopic (exact) mass is 438 g/mol. The lowest BCUT2D eigenvalue weighted by Crippen LogP contribution is -2.33. The van der Waals surface area contributed by atoms with E-state index in [4.69, 9.17) is 5.73 Å². The van der Waals surface area contributed by atoms with Crippen molar-refractivity contribution in [1.82, 2.24) is 10.2 Å². The molecule has 0 atom stereocenters. The van der Waals surface area contributed by atoms with Gasteiger partial charge in [0.15, 0.2) is 0 Å². The van der Waals surface area contributed by atoms with Crippen molar-refractivity contribution in [2.45, 2.75) is 19.3 Å². The Bertz CT molecular complexity index is 776. The van der Waals surface area contributed by atoms with Crippen LogP contribution in [0.15, 0.2) is 48.5 Å². The summed E-state index contributed by atoms with van der Waals surface area (Å²) in [6.07, 6.45) is 2.78. The van der Waals surface area contributed by atoms with E-state index < -0.39 is 0 Å². The van der Waals surface area contributed by atoms with E-state index in [9.17, 15) is 9.59 Å². The summed E-state index contributed by atoms with van der Waals surface area (Å²) in [6.45, 7) is 3.80. The number of nitrogens with two attached hydrogens (primary N) is 1. The molecule has 2 amide bonds. The Kier molecular flexibility index (Phi) is 10.5. The summed E-state index contributed by atoms with van der Waals surface area (Å²) in [6, 6.07) is 14.2. The number of rotatable bonds is 7. The number of benzene rings is 2. The van der Waals surface area contributed by atoms with Crippen LogP contribution in [0.2, 0.25) is 0 Å². The quantitative estimate of drug-likeness (QED) is 0.579. The van der Waals surface area contributed by atoms with E-state index in [2.05, 4.69) is 15.5 Å². The average molecular weight is 439 g/mol. The Balaban J connectivity index is 0.00000210. The first-order chi connectivity index (χ1) is 13.1. The van der Waals surface area contributed by atoms with E-state index >= 15 is 0 Å². The van der Waals surface area contributed by atoms with Crippen LogP contribution in [-0.2, 0) is 11.2 Å². The van der Waals surface area contributed by atoms with Crippen LogP contribution in [-0.4, -0.2) is 42.9 Å². The summed E-state index contributed by atoms with van der Waals surface area (Å²) in [5, 5.41) is 5.79. The van der Waals surface area contributed by atoms with Gasteiger partial charge in [0, 0.05) is 30.0 Å². The van der Waals surface area contributed by atoms with Crippen LogP contribution in [0.1, 0.15) is 28.8 Å². The number of carbonyl (C=O) groups excluding carboxylic acids is 2. The molecule has 0 aromatic heterocycles. The molecule has 1 aliphatic heterocycles. The zero-order chi connectivity index (χ0) is 19.1. The number of nitrogens with one attached hydrogen (secondary N) is 2. The van der Waals surface area contributed by atoms with Crippen LogP contribution in [0, 0.1) is 0 Å². The highest BCUT2D eigenvalue weighted by molar-refractivity contribution is 5.96. The normalized spacial score (nSPS) is 13.1. The predicted molar refractivity (Wildman–Crippen MR) is 122 cm³/mol. The first kappa shape index (κ1) is 24.8. The molecule has 0 radical (unpaired) electrons. The second-order valence-corrected chi connectivity index (χ2v) is 6.85. The summed E-state index contributed by atoms with van der Waals surface area (Å²) >= 11 is 0. The van der Waals surface area contributed by atoms with Gasteiger partial charge in [-0.15, -0.1) is 24.8 Å². The molecular formula is C21H28Cl2N4O2. The molecule has 1 fully saturated rings. The molecule has 0 saturated carbocycles. The van der Waals surface area contributed by atoms with Gasteiger partial charge in [-0.25, -0.2) is 0 Å². The largest absolute Gasteiger partial charge is 0.399 e. The highest BCUT2D eigenvalue weighted by atomic mass is 35.5. The van der Waals surface area contributed by atoms with Crippen LogP contribution < -0.4 is 16.4 Å². The Morgan fingerprint density at radius 1 is 0.931 bits per heavy atom. The standard InChI is InChI=1S/C21H26N4O2.2ClH/c22-18-7-3-16(4-8-18)15-20(26)24-19-9-5-17(6-10-19)21(27)23-11-14-25-12-1-2-13-25;;/h3-10H,1-2,11-15,22H2,(H,23,27)(H,24,26);2*1H. The SMILES string of the molecule is Cl.Cl.Nc1ccc(CC(=O)Nc2ccc(C(=O)NCCN3CCCC3)cc2)cc1. The molecule has 0 spiro atoms. The summed E-state index contributed by atoms with van der Waals surface area (Å²) in [5.41, 5.74) is 8.48. The van der Waals surface area contributed by atoms with Gasteiger partial charge in [0.05, 0.1) is 6.42 Å². The fourth-order valence-electron chi connectivity index (χ4n) is 3.17. The average Bonchev–Trinajstić information content (AvgIpc) is 3.17. The van der Waals surface area contributed by atoms with Crippen molar-refractivity contribution in [2.24, 2.45) is 0 Å². The number of likely N-dealkylation sites (tertiary alicyclic amines) is 1. The van der Waals surface area contributed by atoms with Gasteiger partial charge in [0.25, 0.3) is 5.91 Å². The maximum Gasteiger partial charge on any atom is 0.251 e. The number of hydrogen-bond donors (Lipinski definition) is 3. The van der Waals surface area contributed by atoms with Crippen molar-refractivity contribution in [3.8, 4) is 0 Å². The minimum Gasteiger partial charge on any atom is -0.399 e. The molecule has 2 aromatic rings. The first-order valence-corrected chi connectivity index (χ1v) is 9.35. The van der Waals surface area contributed by atoms with E-state index in [1.807, 2.05) is 12.1 Å². The molecule has 6 nitrogen and oxygen atoms in total. The molecule has 158 valence electrons. The van der Waals surface area contributed by atoms with Crippen LogP contribution in [0.4, 0.5) is 11.4 Å². The third kappa shape index (κ3) is 7.93. The molecule has 0 unspecified atom stereocenters. The van der Waals surface area contributed by atoms with E-state index in [0.29, 0.717) is 23.5 Å². The minimum absolute atomic E-state index is 0. The van der Waals surface area contributed by atoms with Crippen LogP contribution in [0.5, 0.6) is 0 Å². The number of hydrogen-bond acceptors (Lipinski definition) is 4. The molecule has 1 aliphatic rings. The van der Waals surface area contributed by atoms with Gasteiger partial charge in [-0.05, 0) is 67.9 Å². The molecular weight excluding hydrogens is 411 g/mol. The van der Waals surface area contributed by atoms with E-state index in [1.165, 1.54) is 12.8 Å². The van der Waals surface area contributed by atoms with Gasteiger partial charge >= 0.3 is 0 Å². The third-order valence-electron chi connectivity index (χ3n) is 4.69. The molecule has 0 aliphatic carbocycles. The summed E-state index contributed by atoms with van der Waals surface area (Å²) < 4.78 is 0. The summed E-state index contributed by atoms with van der Waals surface area (Å²) in [4.78, 5) is 26.7. The number of halogens is 2. The van der Waals surface area contributed by atoms with Gasteiger partial charge < -0.3 is 21.3 Å². The van der Waals surface area contributed by atoms with Gasteiger partial charge in [0.1, 0.15) is 0 Å². The number of nitrogen functional groups attached to an aromatic ring is 1. The zero-order valence-corrected chi connectivity index (χ0v) is 17.9. The Morgan fingerprint density at radius 2 is 1.55 bits per heavy atom. The fraction of sp³-hybridized carbons (Fsp3) is 0.333. The van der Waals surface area contributed by atoms with Crippen molar-refractivity contribution in [3.05, 3.63) is 59.7 Å². The van der Waals surface area contributed by atoms with Gasteiger partial charge in [-0.1, -0.05) is 12.1 Å². The number of nitrogens with zero attached hydrogens (tertiary/aromatic N) is 1. The molecule has 3 rings (SSSR count). The predicted octanol–water partition coefficient (Wildman–Crippen LogP) is 3.12. The number of carbonyl (C=O) groups is 2. The van der Waals surface area contributed by atoms with Crippen molar-refractivity contribution in [2.75, 3.05) is 37.2 Å². The van der Waals surface area contributed by atoms with Gasteiger partial charge in [-0.3, -0.25) is 9.59 Å². The molecule has 29 heavy (non-hydrogen) atoms. The maximum absolute atomic E-state index is 12.2. The second-order valence-electron chi connectivity index (χ2n) is 6.85. The maximum atomic E-state index is 12.2. The molecule has 8 heteroatoms. The van der Waals surface area contributed by atoms with E-state index in [0.717, 1.165) is 25.2 Å². The molecule has 0 bridgehead atoms. The van der Waals surface area contributed by atoms with Crippen LogP contribution >= 0.6 is 24.8 Å². The van der Waals surface area contributed by atoms with Gasteiger partial charge in [-0.2, -0.15) is 0 Å². The van der Waals surface area contributed by atoms with Crippen LogP contribution in [0.3, 0.4) is 0 Å². The Labute approximate surface area is 184 Å². The van der Waals surface area contributed by atoms with Crippen molar-refractivity contribution >= 4 is 48.0 Å². The number of anilines is 2. The highest BCUT2D eigenvalue weighted by Crippen LogP contribution is 2.12. The van der Waals surface area contributed by atoms with E-state index in [1.54, 1.807) is 36.4 Å². The smallest absolute Gasteiger partial charge is 0.251 e. The minimum atomic E-state index is -0.109. The Hall–Kier alpha value is -2.28. The Morgan fingerprint density at radius 3 is 2.17 bits per heavy atom. The molecule has 1 heterocycles. The van der Waals surface area contributed by atoms with E-state index in [-0.39, 0.29) is 43.0 Å². The summed E-state index contributed by atoms with van der Waals surface area (Å²) in [7, 11) is 0. The van der Waals surface area contributed by atoms with Crippen LogP contribution in [0.25, 0.3) is 0 Å². The van der Waals surface area contributed by atoms with Gasteiger partial charge in [0.2, 0.25) is 5.91 Å². The zero-order valence-electron chi connectivity index (χ0n) is 16.2. The first-order valence-electron chi connectivity index (χ1n) is 9.35. The lowest BCUT2D eigenvalue weighted by molar-refractivity contribution is -0.115. The third-order valence-corrected chi connectivity index (χ3v) is 4.69. The lowest BCUT2D eigenvalue weighted by Gasteiger charge is -2.14. The van der Waals surface area contributed by atoms with Crippen molar-refractivity contribution in [3.63, 3.8) is 0 Å². The fourth-order valence-corrected chi connectivity index (χ4v) is 3.17. The molecule has 1 saturated heterocycles. The molecule has 4 N–H and O–H groups in total. The number of amides is 2. The second kappa shape index (κ2) is 12.3. The van der Waals surface area contributed by atoms with Crippen molar-refractivity contribution in [1.29, 1.82) is 0 Å². The summed E-state index contributed by atoms with van der Waals surface area (Å²) in [5.74, 6) is -0.198. The van der Waals surface area contributed by atoms with Crippen molar-refractivity contribution < 1.29 is 9.59 Å². The topological polar surface area (TPSA) is 87.5 Å².